The van der Waals surface area contributed by atoms with Gasteiger partial charge in [0.2, 0.25) is 11.8 Å². The van der Waals surface area contributed by atoms with Crippen LogP contribution in [0.2, 0.25) is 0 Å². The number of carbonyl (C=O) groups excluding carboxylic acids is 1. The molecule has 0 aliphatic heterocycles. The molecule has 18 heavy (non-hydrogen) atoms. The molecule has 1 aromatic rings. The number of isocyanates is 1. The second-order valence-electron chi connectivity index (χ2n) is 3.18. The third-order valence-corrected chi connectivity index (χ3v) is 2.33. The van der Waals surface area contributed by atoms with Crippen molar-refractivity contribution >= 4 is 6.08 Å². The fraction of sp³-hybridized carbons (Fsp3) is 0.333. The monoisotopic (exact) mass is 248 g/mol. The Morgan fingerprint density at radius 2 is 1.83 bits per heavy atom. The van der Waals surface area contributed by atoms with Gasteiger partial charge in [-0.15, -0.1) is 0 Å². The van der Waals surface area contributed by atoms with Gasteiger partial charge in [0.05, 0.1) is 27.4 Å². The van der Waals surface area contributed by atoms with Crippen molar-refractivity contribution in [1.29, 1.82) is 5.26 Å². The zero-order chi connectivity index (χ0) is 13.5. The van der Waals surface area contributed by atoms with Crippen LogP contribution in [0.15, 0.2) is 17.1 Å². The van der Waals surface area contributed by atoms with E-state index in [2.05, 4.69) is 4.99 Å². The molecule has 0 bridgehead atoms. The molecule has 0 aliphatic carbocycles. The summed E-state index contributed by atoms with van der Waals surface area (Å²) in [4.78, 5) is 13.7. The lowest BCUT2D eigenvalue weighted by Crippen LogP contribution is -2.01. The Hall–Kier alpha value is -2.51. The minimum Gasteiger partial charge on any atom is -0.493 e. The van der Waals surface area contributed by atoms with Crippen LogP contribution in [0.5, 0.6) is 17.2 Å². The number of ether oxygens (including phenoxy) is 3. The molecule has 1 atom stereocenters. The minimum atomic E-state index is -0.989. The van der Waals surface area contributed by atoms with Gasteiger partial charge >= 0.3 is 0 Å². The molecule has 6 heteroatoms. The molecule has 0 spiro atoms. The molecule has 0 amide bonds. The van der Waals surface area contributed by atoms with Crippen LogP contribution in [-0.4, -0.2) is 27.4 Å². The Morgan fingerprint density at radius 3 is 2.28 bits per heavy atom. The van der Waals surface area contributed by atoms with Crippen LogP contribution in [0.3, 0.4) is 0 Å². The van der Waals surface area contributed by atoms with Crippen LogP contribution < -0.4 is 14.2 Å². The summed E-state index contributed by atoms with van der Waals surface area (Å²) in [5.74, 6) is 1.12. The summed E-state index contributed by atoms with van der Waals surface area (Å²) >= 11 is 0. The van der Waals surface area contributed by atoms with E-state index in [-0.39, 0.29) is 0 Å². The van der Waals surface area contributed by atoms with E-state index in [0.717, 1.165) is 0 Å². The van der Waals surface area contributed by atoms with E-state index in [9.17, 15) is 4.79 Å². The third kappa shape index (κ3) is 2.42. The van der Waals surface area contributed by atoms with E-state index in [1.807, 2.05) is 6.07 Å². The Kier molecular flexibility index (Phi) is 4.73. The number of aliphatic imine (C=N–C) groups is 1. The highest BCUT2D eigenvalue weighted by molar-refractivity contribution is 5.58. The van der Waals surface area contributed by atoms with Crippen molar-refractivity contribution in [3.63, 3.8) is 0 Å². The number of nitriles is 1. The SMILES string of the molecule is COc1ccc(C(C#N)N=C=O)c(OC)c1OC. The normalized spacial score (nSPS) is 10.8. The van der Waals surface area contributed by atoms with E-state index in [4.69, 9.17) is 19.5 Å². The number of benzene rings is 1. The average Bonchev–Trinajstić information content (AvgIpc) is 2.42. The van der Waals surface area contributed by atoms with Gasteiger partial charge in [0.1, 0.15) is 0 Å². The molecule has 0 heterocycles. The highest BCUT2D eigenvalue weighted by Gasteiger charge is 2.21. The zero-order valence-corrected chi connectivity index (χ0v) is 10.3. The molecule has 0 fully saturated rings. The van der Waals surface area contributed by atoms with Gasteiger partial charge in [-0.2, -0.15) is 10.3 Å². The van der Waals surface area contributed by atoms with Crippen molar-refractivity contribution in [2.24, 2.45) is 4.99 Å². The summed E-state index contributed by atoms with van der Waals surface area (Å²) < 4.78 is 15.5. The molecular formula is C12H12N2O4. The first-order valence-electron chi connectivity index (χ1n) is 4.98. The Labute approximate surface area is 104 Å². The topological polar surface area (TPSA) is 80.9 Å². The van der Waals surface area contributed by atoms with Crippen LogP contribution in [0.4, 0.5) is 0 Å². The maximum atomic E-state index is 10.3. The quantitative estimate of drug-likeness (QED) is 0.584. The van der Waals surface area contributed by atoms with Gasteiger partial charge in [0.15, 0.2) is 17.5 Å². The number of hydrogen-bond donors (Lipinski definition) is 0. The summed E-state index contributed by atoms with van der Waals surface area (Å²) in [6, 6.07) is 4.09. The standard InChI is InChI=1S/C12H12N2O4/c1-16-10-5-4-8(9(6-13)14-7-15)11(17-2)12(10)18-3/h4-5,9H,1-3H3. The lowest BCUT2D eigenvalue weighted by molar-refractivity contribution is 0.321. The van der Waals surface area contributed by atoms with Gasteiger partial charge in [-0.25, -0.2) is 4.79 Å². The van der Waals surface area contributed by atoms with E-state index in [0.29, 0.717) is 22.8 Å². The third-order valence-electron chi connectivity index (χ3n) is 2.33. The number of rotatable bonds is 5. The summed E-state index contributed by atoms with van der Waals surface area (Å²) in [5.41, 5.74) is 0.418. The van der Waals surface area contributed by atoms with Crippen molar-refractivity contribution in [2.75, 3.05) is 21.3 Å². The maximum Gasteiger partial charge on any atom is 0.236 e. The molecule has 94 valence electrons. The van der Waals surface area contributed by atoms with Crippen molar-refractivity contribution in [2.45, 2.75) is 6.04 Å². The van der Waals surface area contributed by atoms with Gasteiger partial charge in [0, 0.05) is 5.56 Å². The van der Waals surface area contributed by atoms with Crippen LogP contribution in [0.1, 0.15) is 11.6 Å². The van der Waals surface area contributed by atoms with Gasteiger partial charge in [-0.1, -0.05) is 0 Å². The van der Waals surface area contributed by atoms with Gasteiger partial charge in [0.25, 0.3) is 0 Å². The van der Waals surface area contributed by atoms with E-state index in [1.54, 1.807) is 12.1 Å². The molecule has 6 nitrogen and oxygen atoms in total. The molecule has 1 rings (SSSR count). The molecule has 1 unspecified atom stereocenters. The Morgan fingerprint density at radius 1 is 1.17 bits per heavy atom. The van der Waals surface area contributed by atoms with Crippen molar-refractivity contribution < 1.29 is 19.0 Å². The Bertz CT molecular complexity index is 516. The first-order valence-corrected chi connectivity index (χ1v) is 4.98. The summed E-state index contributed by atoms with van der Waals surface area (Å²) in [6.45, 7) is 0. The summed E-state index contributed by atoms with van der Waals surface area (Å²) in [7, 11) is 4.37. The van der Waals surface area contributed by atoms with E-state index in [1.165, 1.54) is 27.4 Å². The second-order valence-corrected chi connectivity index (χ2v) is 3.18. The van der Waals surface area contributed by atoms with Crippen LogP contribution in [-0.2, 0) is 4.79 Å². The van der Waals surface area contributed by atoms with Gasteiger partial charge in [-0.3, -0.25) is 0 Å². The van der Waals surface area contributed by atoms with Crippen molar-refractivity contribution in [1.82, 2.24) is 0 Å². The molecule has 0 N–H and O–H groups in total. The molecule has 0 saturated heterocycles. The highest BCUT2D eigenvalue weighted by atomic mass is 16.5. The van der Waals surface area contributed by atoms with Crippen LogP contribution >= 0.6 is 0 Å². The molecule has 0 aliphatic rings. The van der Waals surface area contributed by atoms with E-state index < -0.39 is 6.04 Å². The van der Waals surface area contributed by atoms with Crippen molar-refractivity contribution in [3.05, 3.63) is 17.7 Å². The maximum absolute atomic E-state index is 10.3. The average molecular weight is 248 g/mol. The molecule has 1 aromatic carbocycles. The fourth-order valence-electron chi connectivity index (χ4n) is 1.56. The molecule has 0 radical (unpaired) electrons. The Balaban J connectivity index is 3.46. The molecular weight excluding hydrogens is 236 g/mol. The lowest BCUT2D eigenvalue weighted by atomic mass is 10.1. The second kappa shape index (κ2) is 6.28. The largest absolute Gasteiger partial charge is 0.493 e. The summed E-state index contributed by atoms with van der Waals surface area (Å²) in [6.07, 6.45) is 1.36. The minimum absolute atomic E-state index is 0.308. The summed E-state index contributed by atoms with van der Waals surface area (Å²) in [5, 5.41) is 8.97. The number of nitrogens with zero attached hydrogens (tertiary/aromatic N) is 2. The first kappa shape index (κ1) is 13.6. The number of hydrogen-bond acceptors (Lipinski definition) is 6. The molecule has 0 saturated carbocycles. The van der Waals surface area contributed by atoms with Gasteiger partial charge < -0.3 is 14.2 Å². The lowest BCUT2D eigenvalue weighted by Gasteiger charge is -2.16. The van der Waals surface area contributed by atoms with Crippen LogP contribution in [0, 0.1) is 11.3 Å². The van der Waals surface area contributed by atoms with Crippen molar-refractivity contribution in [3.8, 4) is 23.3 Å². The zero-order valence-electron chi connectivity index (χ0n) is 10.3. The first-order chi connectivity index (χ1) is 8.73. The predicted octanol–water partition coefficient (Wildman–Crippen LogP) is 1.61. The van der Waals surface area contributed by atoms with Crippen LogP contribution in [0.25, 0.3) is 0 Å². The van der Waals surface area contributed by atoms with Gasteiger partial charge in [-0.05, 0) is 12.1 Å². The highest BCUT2D eigenvalue weighted by Crippen LogP contribution is 2.42. The molecule has 0 aromatic heterocycles. The smallest absolute Gasteiger partial charge is 0.236 e. The fourth-order valence-corrected chi connectivity index (χ4v) is 1.56. The van der Waals surface area contributed by atoms with E-state index >= 15 is 0 Å². The predicted molar refractivity (Wildman–Crippen MR) is 62.6 cm³/mol. The number of methoxy groups -OCH3 is 3.